The van der Waals surface area contributed by atoms with E-state index in [1.165, 1.54) is 6.33 Å². The smallest absolute Gasteiger partial charge is 0.256 e. The molecule has 2 N–H and O–H groups in total. The Labute approximate surface area is 333 Å². The summed E-state index contributed by atoms with van der Waals surface area (Å²) >= 11 is 0. The van der Waals surface area contributed by atoms with Crippen LogP contribution in [-0.4, -0.2) is 78.0 Å². The van der Waals surface area contributed by atoms with Gasteiger partial charge in [0.2, 0.25) is 0 Å². The lowest BCUT2D eigenvalue weighted by atomic mass is 9.80. The number of aromatic nitrogens is 4. The van der Waals surface area contributed by atoms with Gasteiger partial charge in [-0.05, 0) is 71.2 Å². The van der Waals surface area contributed by atoms with E-state index in [0.717, 1.165) is 34.8 Å². The van der Waals surface area contributed by atoms with Crippen LogP contribution in [0.15, 0.2) is 122 Å². The molecule has 13 heteroatoms. The zero-order valence-electron chi connectivity index (χ0n) is 32.9. The molecule has 6 aromatic rings. The molecule has 0 bridgehead atoms. The minimum absolute atomic E-state index is 0.0105. The minimum atomic E-state index is -2.31. The lowest BCUT2D eigenvalue weighted by molar-refractivity contribution is -0.0940. The molecule has 0 spiro atoms. The van der Waals surface area contributed by atoms with Crippen LogP contribution in [0.1, 0.15) is 54.0 Å². The van der Waals surface area contributed by atoms with Crippen LogP contribution >= 0.6 is 0 Å². The van der Waals surface area contributed by atoms with Crippen molar-refractivity contribution in [2.24, 2.45) is 0 Å². The Hall–Kier alpha value is -5.44. The average molecular weight is 788 g/mol. The average Bonchev–Trinajstić information content (AvgIpc) is 3.84. The fraction of sp³-hybridized carbons (Fsp3) is 0.318. The second kappa shape index (κ2) is 17.4. The van der Waals surface area contributed by atoms with Gasteiger partial charge in [-0.3, -0.25) is 9.36 Å². The SMILES string of the molecule is CC[Si](CC)(CC)O[C@@H]1[C@H](O)[C@@H](COC(c2ccccc2)(c2ccc(OC)cc2)c2ccc(OC)cc2)O[C@H]1n1cnc2c(NC(=O)c3ccccc3)ncnc21. The molecule has 12 nitrogen and oxygen atoms in total. The number of carbonyl (C=O) groups excluding carboxylic acids is 1. The summed E-state index contributed by atoms with van der Waals surface area (Å²) in [5.74, 6) is 1.36. The van der Waals surface area contributed by atoms with Gasteiger partial charge in [0.1, 0.15) is 41.7 Å². The first-order valence-corrected chi connectivity index (χ1v) is 21.9. The second-order valence-electron chi connectivity index (χ2n) is 14.1. The van der Waals surface area contributed by atoms with E-state index in [9.17, 15) is 9.90 Å². The van der Waals surface area contributed by atoms with E-state index in [4.69, 9.17) is 23.4 Å². The number of benzene rings is 4. The van der Waals surface area contributed by atoms with Gasteiger partial charge in [-0.15, -0.1) is 0 Å². The number of anilines is 1. The van der Waals surface area contributed by atoms with Crippen molar-refractivity contribution in [1.82, 2.24) is 19.5 Å². The summed E-state index contributed by atoms with van der Waals surface area (Å²) in [7, 11) is 0.963. The maximum Gasteiger partial charge on any atom is 0.256 e. The molecule has 3 heterocycles. The molecule has 57 heavy (non-hydrogen) atoms. The maximum atomic E-state index is 13.1. The highest BCUT2D eigenvalue weighted by atomic mass is 28.4. The number of amides is 1. The number of carbonyl (C=O) groups is 1. The van der Waals surface area contributed by atoms with E-state index in [1.807, 2.05) is 84.9 Å². The fourth-order valence-electron chi connectivity index (χ4n) is 7.68. The van der Waals surface area contributed by atoms with Gasteiger partial charge in [-0.25, -0.2) is 15.0 Å². The fourth-order valence-corrected chi connectivity index (χ4v) is 10.5. The van der Waals surface area contributed by atoms with Crippen LogP contribution in [0, 0.1) is 0 Å². The van der Waals surface area contributed by atoms with Gasteiger partial charge in [-0.2, -0.15) is 0 Å². The minimum Gasteiger partial charge on any atom is -0.497 e. The van der Waals surface area contributed by atoms with Crippen molar-refractivity contribution >= 4 is 31.2 Å². The molecule has 1 amide bonds. The second-order valence-corrected chi connectivity index (χ2v) is 18.8. The van der Waals surface area contributed by atoms with Crippen molar-refractivity contribution in [3.8, 4) is 11.5 Å². The molecule has 7 rings (SSSR count). The Bertz CT molecular complexity index is 2180. The summed E-state index contributed by atoms with van der Waals surface area (Å²) in [4.78, 5) is 26.7. The predicted octanol–water partition coefficient (Wildman–Crippen LogP) is 7.75. The standard InChI is InChI=1S/C44H49N5O7Si/c1-6-57(7-2,8-3)56-39-38(50)36(55-43(39)49-29-47-37-40(45-28-46-41(37)49)48-42(51)30-15-11-9-12-16-30)27-54-44(31-17-13-10-14-18-31,32-19-23-34(52-4)24-20-32)33-21-25-35(53-5)26-22-33/h9-26,28-29,36,38-39,43,50H,6-8,27H2,1-5H3,(H,45,46,48,51)/t36-,38-,39-,43-/m1/s1. The third kappa shape index (κ3) is 7.81. The molecule has 4 atom stereocenters. The molecule has 1 aliphatic heterocycles. The lowest BCUT2D eigenvalue weighted by Gasteiger charge is -2.37. The third-order valence-electron chi connectivity index (χ3n) is 11.2. The van der Waals surface area contributed by atoms with Crippen molar-refractivity contribution in [2.75, 3.05) is 26.1 Å². The molecule has 4 aromatic carbocycles. The molecule has 0 radical (unpaired) electrons. The molecular weight excluding hydrogens is 739 g/mol. The molecule has 0 unspecified atom stereocenters. The van der Waals surface area contributed by atoms with Crippen LogP contribution in [-0.2, 0) is 19.5 Å². The van der Waals surface area contributed by atoms with Crippen LogP contribution in [0.5, 0.6) is 11.5 Å². The van der Waals surface area contributed by atoms with E-state index >= 15 is 0 Å². The lowest BCUT2D eigenvalue weighted by Crippen LogP contribution is -2.47. The van der Waals surface area contributed by atoms with Gasteiger partial charge in [0.15, 0.2) is 31.5 Å². The number of nitrogens with zero attached hydrogens (tertiary/aromatic N) is 4. The van der Waals surface area contributed by atoms with E-state index in [1.54, 1.807) is 49.4 Å². The topological polar surface area (TPSA) is 139 Å². The van der Waals surface area contributed by atoms with Gasteiger partial charge >= 0.3 is 0 Å². The molecular formula is C44H49N5O7Si. The van der Waals surface area contributed by atoms with Crippen molar-refractivity contribution in [2.45, 2.75) is 69.0 Å². The first kappa shape index (κ1) is 39.8. The zero-order chi connectivity index (χ0) is 40.0. The summed E-state index contributed by atoms with van der Waals surface area (Å²) < 4.78 is 33.9. The number of nitrogens with one attached hydrogen (secondary N) is 1. The largest absolute Gasteiger partial charge is 0.497 e. The highest BCUT2D eigenvalue weighted by Gasteiger charge is 2.50. The number of ether oxygens (including phenoxy) is 4. The molecule has 1 fully saturated rings. The summed E-state index contributed by atoms with van der Waals surface area (Å²) in [5, 5.41) is 15.2. The number of hydrogen-bond donors (Lipinski definition) is 2. The van der Waals surface area contributed by atoms with Crippen LogP contribution in [0.2, 0.25) is 18.1 Å². The summed E-state index contributed by atoms with van der Waals surface area (Å²) in [6.45, 7) is 6.44. The Morgan fingerprint density at radius 1 is 0.789 bits per heavy atom. The summed E-state index contributed by atoms with van der Waals surface area (Å²) in [5.41, 5.74) is 2.75. The highest BCUT2D eigenvalue weighted by molar-refractivity contribution is 6.73. The normalized spacial score (nSPS) is 18.4. The monoisotopic (exact) mass is 787 g/mol. The van der Waals surface area contributed by atoms with Gasteiger partial charge < -0.3 is 33.8 Å². The maximum absolute atomic E-state index is 13.1. The summed E-state index contributed by atoms with van der Waals surface area (Å²) in [6.07, 6.45) is -0.519. The first-order chi connectivity index (χ1) is 27.8. The van der Waals surface area contributed by atoms with Crippen LogP contribution in [0.25, 0.3) is 11.2 Å². The quantitative estimate of drug-likeness (QED) is 0.0740. The number of imidazole rings is 1. The predicted molar refractivity (Wildman–Crippen MR) is 220 cm³/mol. The number of rotatable bonds is 16. The van der Waals surface area contributed by atoms with Crippen LogP contribution in [0.3, 0.4) is 0 Å². The Balaban J connectivity index is 1.28. The van der Waals surface area contributed by atoms with Gasteiger partial charge in [-0.1, -0.05) is 93.6 Å². The van der Waals surface area contributed by atoms with Crippen LogP contribution < -0.4 is 14.8 Å². The zero-order valence-corrected chi connectivity index (χ0v) is 33.9. The number of aliphatic hydroxyl groups is 1. The van der Waals surface area contributed by atoms with E-state index in [0.29, 0.717) is 28.2 Å². The summed E-state index contributed by atoms with van der Waals surface area (Å²) in [6, 6.07) is 37.1. The molecule has 296 valence electrons. The van der Waals surface area contributed by atoms with E-state index in [2.05, 4.69) is 41.0 Å². The first-order valence-electron chi connectivity index (χ1n) is 19.3. The van der Waals surface area contributed by atoms with Crippen molar-refractivity contribution in [1.29, 1.82) is 0 Å². The Kier molecular flexibility index (Phi) is 12.1. The molecule has 0 aliphatic carbocycles. The number of hydrogen-bond acceptors (Lipinski definition) is 10. The Morgan fingerprint density at radius 3 is 1.91 bits per heavy atom. The third-order valence-corrected chi connectivity index (χ3v) is 15.8. The van der Waals surface area contributed by atoms with Gasteiger partial charge in [0.05, 0.1) is 27.2 Å². The van der Waals surface area contributed by atoms with E-state index < -0.39 is 38.5 Å². The molecule has 0 saturated carbocycles. The molecule has 1 aliphatic rings. The number of fused-ring (bicyclic) bond motifs is 1. The van der Waals surface area contributed by atoms with Crippen LogP contribution in [0.4, 0.5) is 5.82 Å². The molecule has 2 aromatic heterocycles. The van der Waals surface area contributed by atoms with Crippen molar-refractivity contribution in [3.63, 3.8) is 0 Å². The number of aliphatic hydroxyl groups excluding tert-OH is 1. The van der Waals surface area contributed by atoms with E-state index in [-0.39, 0.29) is 18.3 Å². The van der Waals surface area contributed by atoms with Crippen molar-refractivity contribution in [3.05, 3.63) is 144 Å². The number of methoxy groups -OCH3 is 2. The Morgan fingerprint density at radius 2 is 1.35 bits per heavy atom. The van der Waals surface area contributed by atoms with Crippen molar-refractivity contribution < 1.29 is 33.3 Å². The van der Waals surface area contributed by atoms with Gasteiger partial charge in [0, 0.05) is 5.56 Å². The molecule has 1 saturated heterocycles. The highest BCUT2D eigenvalue weighted by Crippen LogP contribution is 2.44. The van der Waals surface area contributed by atoms with Gasteiger partial charge in [0.25, 0.3) is 5.91 Å².